The summed E-state index contributed by atoms with van der Waals surface area (Å²) >= 11 is 3.27. The summed E-state index contributed by atoms with van der Waals surface area (Å²) in [6.07, 6.45) is -0.0289. The standard InChI is InChI=1S/C10H11BrFNO/c1-5-9(13-2)7-3-6(11)4-8(12)10(7)14-5/h3-5,9,13H,1-2H3. The van der Waals surface area contributed by atoms with Crippen LogP contribution in [0.3, 0.4) is 0 Å². The van der Waals surface area contributed by atoms with E-state index in [2.05, 4.69) is 21.2 Å². The number of hydrogen-bond donors (Lipinski definition) is 1. The first-order chi connectivity index (χ1) is 6.63. The second-order valence-corrected chi connectivity index (χ2v) is 4.31. The van der Waals surface area contributed by atoms with Crippen LogP contribution in [0.15, 0.2) is 16.6 Å². The van der Waals surface area contributed by atoms with Crippen LogP contribution in [-0.4, -0.2) is 13.2 Å². The van der Waals surface area contributed by atoms with Crippen LogP contribution in [-0.2, 0) is 0 Å². The molecule has 0 radical (unpaired) electrons. The van der Waals surface area contributed by atoms with Crippen molar-refractivity contribution in [1.29, 1.82) is 0 Å². The molecular weight excluding hydrogens is 249 g/mol. The number of hydrogen-bond acceptors (Lipinski definition) is 2. The summed E-state index contributed by atoms with van der Waals surface area (Å²) in [4.78, 5) is 0. The Morgan fingerprint density at radius 2 is 2.21 bits per heavy atom. The smallest absolute Gasteiger partial charge is 0.166 e. The average Bonchev–Trinajstić information content (AvgIpc) is 2.41. The minimum atomic E-state index is -0.307. The van der Waals surface area contributed by atoms with Gasteiger partial charge in [0.15, 0.2) is 11.6 Å². The maximum atomic E-state index is 13.5. The van der Waals surface area contributed by atoms with Crippen LogP contribution in [0.5, 0.6) is 5.75 Å². The average molecular weight is 260 g/mol. The summed E-state index contributed by atoms with van der Waals surface area (Å²) in [5, 5.41) is 3.11. The first-order valence-corrected chi connectivity index (χ1v) is 5.25. The molecule has 76 valence electrons. The lowest BCUT2D eigenvalue weighted by Gasteiger charge is -2.12. The van der Waals surface area contributed by atoms with Gasteiger partial charge < -0.3 is 10.1 Å². The predicted octanol–water partition coefficient (Wildman–Crippen LogP) is 2.63. The molecule has 4 heteroatoms. The van der Waals surface area contributed by atoms with Crippen molar-refractivity contribution in [3.8, 4) is 5.75 Å². The summed E-state index contributed by atoms with van der Waals surface area (Å²) in [5.74, 6) is 0.0685. The van der Waals surface area contributed by atoms with Gasteiger partial charge in [0.1, 0.15) is 6.10 Å². The van der Waals surface area contributed by atoms with Gasteiger partial charge in [0.2, 0.25) is 0 Å². The summed E-state index contributed by atoms with van der Waals surface area (Å²) in [7, 11) is 1.85. The molecule has 0 spiro atoms. The molecule has 0 bridgehead atoms. The molecule has 1 N–H and O–H groups in total. The molecule has 1 aromatic rings. The van der Waals surface area contributed by atoms with Gasteiger partial charge in [0.25, 0.3) is 0 Å². The highest BCUT2D eigenvalue weighted by molar-refractivity contribution is 9.10. The molecule has 1 aromatic carbocycles. The predicted molar refractivity (Wildman–Crippen MR) is 56.0 cm³/mol. The zero-order chi connectivity index (χ0) is 10.3. The van der Waals surface area contributed by atoms with Gasteiger partial charge in [0, 0.05) is 10.0 Å². The Morgan fingerprint density at radius 3 is 2.86 bits per heavy atom. The molecule has 2 nitrogen and oxygen atoms in total. The highest BCUT2D eigenvalue weighted by Crippen LogP contribution is 2.39. The second kappa shape index (κ2) is 3.51. The largest absolute Gasteiger partial charge is 0.485 e. The zero-order valence-electron chi connectivity index (χ0n) is 7.97. The van der Waals surface area contributed by atoms with Gasteiger partial charge >= 0.3 is 0 Å². The Labute approximate surface area is 90.6 Å². The number of likely N-dealkylation sites (N-methyl/N-ethyl adjacent to an activating group) is 1. The van der Waals surface area contributed by atoms with Crippen LogP contribution in [0.1, 0.15) is 18.5 Å². The Morgan fingerprint density at radius 1 is 1.50 bits per heavy atom. The van der Waals surface area contributed by atoms with Gasteiger partial charge in [0.05, 0.1) is 6.04 Å². The normalized spacial score (nSPS) is 24.6. The van der Waals surface area contributed by atoms with Crippen molar-refractivity contribution in [2.75, 3.05) is 7.05 Å². The minimum Gasteiger partial charge on any atom is -0.485 e. The fourth-order valence-electron chi connectivity index (χ4n) is 1.83. The molecule has 0 aliphatic carbocycles. The Hall–Kier alpha value is -0.610. The molecule has 1 heterocycles. The van der Waals surface area contributed by atoms with Crippen molar-refractivity contribution in [3.05, 3.63) is 28.0 Å². The number of benzene rings is 1. The molecule has 1 aliphatic rings. The van der Waals surface area contributed by atoms with Gasteiger partial charge in [-0.15, -0.1) is 0 Å². The molecule has 0 saturated heterocycles. The quantitative estimate of drug-likeness (QED) is 0.838. The van der Waals surface area contributed by atoms with Gasteiger partial charge in [-0.3, -0.25) is 0 Å². The Kier molecular flexibility index (Phi) is 2.49. The minimum absolute atomic E-state index is 0.0289. The molecule has 0 aromatic heterocycles. The molecule has 2 atom stereocenters. The number of halogens is 2. The fraction of sp³-hybridized carbons (Fsp3) is 0.400. The third-order valence-corrected chi connectivity index (χ3v) is 2.91. The van der Waals surface area contributed by atoms with E-state index in [4.69, 9.17) is 4.74 Å². The monoisotopic (exact) mass is 259 g/mol. The SMILES string of the molecule is CNC1c2cc(Br)cc(F)c2OC1C. The van der Waals surface area contributed by atoms with E-state index in [-0.39, 0.29) is 18.0 Å². The summed E-state index contributed by atoms with van der Waals surface area (Å²) in [5.41, 5.74) is 0.881. The van der Waals surface area contributed by atoms with E-state index in [0.717, 1.165) is 10.0 Å². The molecule has 2 unspecified atom stereocenters. The first-order valence-electron chi connectivity index (χ1n) is 4.46. The zero-order valence-corrected chi connectivity index (χ0v) is 9.56. The van der Waals surface area contributed by atoms with Crippen LogP contribution in [0.25, 0.3) is 0 Å². The molecule has 1 aliphatic heterocycles. The lowest BCUT2D eigenvalue weighted by molar-refractivity contribution is 0.208. The van der Waals surface area contributed by atoms with E-state index in [9.17, 15) is 4.39 Å². The van der Waals surface area contributed by atoms with Crippen molar-refractivity contribution >= 4 is 15.9 Å². The molecular formula is C10H11BrFNO. The van der Waals surface area contributed by atoms with Crippen molar-refractivity contribution < 1.29 is 9.13 Å². The first kappa shape index (κ1) is 9.93. The molecule has 0 saturated carbocycles. The van der Waals surface area contributed by atoms with Gasteiger partial charge in [-0.1, -0.05) is 15.9 Å². The van der Waals surface area contributed by atoms with Crippen LogP contribution in [0.4, 0.5) is 4.39 Å². The van der Waals surface area contributed by atoms with Crippen LogP contribution >= 0.6 is 15.9 Å². The third-order valence-electron chi connectivity index (χ3n) is 2.46. The fourth-order valence-corrected chi connectivity index (χ4v) is 2.28. The van der Waals surface area contributed by atoms with E-state index < -0.39 is 0 Å². The molecule has 0 fully saturated rings. The summed E-state index contributed by atoms with van der Waals surface area (Å²) in [6, 6.07) is 3.38. The maximum absolute atomic E-state index is 13.5. The van der Waals surface area contributed by atoms with E-state index in [1.165, 1.54) is 6.07 Å². The van der Waals surface area contributed by atoms with Gasteiger partial charge in [-0.05, 0) is 26.1 Å². The number of nitrogens with one attached hydrogen (secondary N) is 1. The van der Waals surface area contributed by atoms with Crippen molar-refractivity contribution in [1.82, 2.24) is 5.32 Å². The highest BCUT2D eigenvalue weighted by atomic mass is 79.9. The van der Waals surface area contributed by atoms with Crippen LogP contribution in [0, 0.1) is 5.82 Å². The van der Waals surface area contributed by atoms with Crippen LogP contribution in [0.2, 0.25) is 0 Å². The summed E-state index contributed by atoms with van der Waals surface area (Å²) in [6.45, 7) is 1.93. The topological polar surface area (TPSA) is 21.3 Å². The molecule has 14 heavy (non-hydrogen) atoms. The van der Waals surface area contributed by atoms with E-state index >= 15 is 0 Å². The Balaban J connectivity index is 2.53. The lowest BCUT2D eigenvalue weighted by atomic mass is 10.1. The van der Waals surface area contributed by atoms with Crippen LogP contribution < -0.4 is 10.1 Å². The number of rotatable bonds is 1. The van der Waals surface area contributed by atoms with Crippen molar-refractivity contribution in [2.24, 2.45) is 0 Å². The lowest BCUT2D eigenvalue weighted by Crippen LogP contribution is -2.25. The van der Waals surface area contributed by atoms with Crippen molar-refractivity contribution in [2.45, 2.75) is 19.1 Å². The van der Waals surface area contributed by atoms with Gasteiger partial charge in [-0.2, -0.15) is 0 Å². The van der Waals surface area contributed by atoms with E-state index in [1.807, 2.05) is 20.0 Å². The maximum Gasteiger partial charge on any atom is 0.166 e. The van der Waals surface area contributed by atoms with E-state index in [1.54, 1.807) is 0 Å². The Bertz CT molecular complexity index is 369. The number of ether oxygens (including phenoxy) is 1. The molecule has 0 amide bonds. The molecule has 2 rings (SSSR count). The van der Waals surface area contributed by atoms with Gasteiger partial charge in [-0.25, -0.2) is 4.39 Å². The highest BCUT2D eigenvalue weighted by Gasteiger charge is 2.32. The second-order valence-electron chi connectivity index (χ2n) is 3.40. The van der Waals surface area contributed by atoms with E-state index in [0.29, 0.717) is 5.75 Å². The number of fused-ring (bicyclic) bond motifs is 1. The van der Waals surface area contributed by atoms with Crippen molar-refractivity contribution in [3.63, 3.8) is 0 Å². The third kappa shape index (κ3) is 1.42. The summed E-state index contributed by atoms with van der Waals surface area (Å²) < 4.78 is 19.6.